The molecule has 1 radical (unpaired) electrons. The second-order valence-electron chi connectivity index (χ2n) is 8.33. The maximum atomic E-state index is 12.4. The van der Waals surface area contributed by atoms with E-state index in [4.69, 9.17) is 0 Å². The Morgan fingerprint density at radius 2 is 2.09 bits per heavy atom. The van der Waals surface area contributed by atoms with Gasteiger partial charge in [-0.15, -0.1) is 0 Å². The molecule has 3 unspecified atom stereocenters. The summed E-state index contributed by atoms with van der Waals surface area (Å²) in [6, 6.07) is 0. The van der Waals surface area contributed by atoms with Crippen molar-refractivity contribution in [3.63, 3.8) is 0 Å². The van der Waals surface area contributed by atoms with Crippen molar-refractivity contribution in [3.8, 4) is 0 Å². The second kappa shape index (κ2) is 4.46. The van der Waals surface area contributed by atoms with E-state index in [9.17, 15) is 4.79 Å². The summed E-state index contributed by atoms with van der Waals surface area (Å²) in [7, 11) is 0. The largest absolute Gasteiger partial charge is 0.299 e. The third-order valence-electron chi connectivity index (χ3n) is 7.37. The standard InChI is InChI=1S/C21H25O.H2/c1-21-11-10-17-16-6-4-14(13-2-3-13)12-15(16)5-7-18(17)19(21)8-9-20(21)22;/h2-3,7,14,17,19H,4-6,8-12H2,1H3;1H/t14?,17-,19?,21?;/m1./s1. The fraction of sp³-hybridized carbons (Fsp3) is 0.619. The molecule has 0 saturated heterocycles. The molecule has 22 heavy (non-hydrogen) atoms. The van der Waals surface area contributed by atoms with Crippen LogP contribution in [0.25, 0.3) is 0 Å². The Morgan fingerprint density at radius 1 is 1.23 bits per heavy atom. The van der Waals surface area contributed by atoms with Crippen LogP contribution in [0.5, 0.6) is 0 Å². The van der Waals surface area contributed by atoms with Crippen LogP contribution >= 0.6 is 0 Å². The molecule has 0 amide bonds. The van der Waals surface area contributed by atoms with Gasteiger partial charge in [-0.1, -0.05) is 41.4 Å². The van der Waals surface area contributed by atoms with E-state index < -0.39 is 0 Å². The molecule has 0 bridgehead atoms. The van der Waals surface area contributed by atoms with E-state index in [1.54, 1.807) is 22.3 Å². The van der Waals surface area contributed by atoms with Gasteiger partial charge in [-0.2, -0.15) is 0 Å². The number of rotatable bonds is 1. The van der Waals surface area contributed by atoms with Crippen LogP contribution in [0.4, 0.5) is 0 Å². The zero-order valence-electron chi connectivity index (χ0n) is 13.5. The van der Waals surface area contributed by atoms with Gasteiger partial charge in [-0.05, 0) is 56.8 Å². The van der Waals surface area contributed by atoms with Crippen LogP contribution in [-0.4, -0.2) is 5.78 Å². The molecule has 0 aromatic carbocycles. The van der Waals surface area contributed by atoms with E-state index in [2.05, 4.69) is 25.5 Å². The molecule has 0 aliphatic heterocycles. The van der Waals surface area contributed by atoms with E-state index in [-0.39, 0.29) is 6.84 Å². The Balaban J connectivity index is 0.00000135. The highest BCUT2D eigenvalue weighted by molar-refractivity contribution is 5.88. The van der Waals surface area contributed by atoms with Gasteiger partial charge < -0.3 is 0 Å². The van der Waals surface area contributed by atoms with Crippen molar-refractivity contribution in [2.45, 2.75) is 58.3 Å². The molecule has 5 rings (SSSR count). The smallest absolute Gasteiger partial charge is 0.139 e. The molecule has 5 aliphatic carbocycles. The molecule has 117 valence electrons. The van der Waals surface area contributed by atoms with Gasteiger partial charge in [0.2, 0.25) is 0 Å². The first-order chi connectivity index (χ1) is 10.7. The zero-order valence-corrected chi connectivity index (χ0v) is 13.5. The van der Waals surface area contributed by atoms with Gasteiger partial charge in [0.1, 0.15) is 5.78 Å². The van der Waals surface area contributed by atoms with Gasteiger partial charge >= 0.3 is 0 Å². The Hall–Kier alpha value is -1.11. The summed E-state index contributed by atoms with van der Waals surface area (Å²) in [6.45, 7) is 2.25. The Bertz CT molecular complexity index is 653. The summed E-state index contributed by atoms with van der Waals surface area (Å²) in [4.78, 5) is 12.4. The van der Waals surface area contributed by atoms with E-state index in [1.807, 2.05) is 0 Å². The van der Waals surface area contributed by atoms with E-state index in [0.29, 0.717) is 17.6 Å². The van der Waals surface area contributed by atoms with Gasteiger partial charge in [0, 0.05) is 25.6 Å². The first-order valence-electron chi connectivity index (χ1n) is 9.16. The third kappa shape index (κ3) is 1.74. The Kier molecular flexibility index (Phi) is 2.70. The lowest BCUT2D eigenvalue weighted by atomic mass is 9.58. The topological polar surface area (TPSA) is 17.1 Å². The van der Waals surface area contributed by atoms with Gasteiger partial charge in [0.15, 0.2) is 0 Å². The fourth-order valence-electron chi connectivity index (χ4n) is 5.95. The van der Waals surface area contributed by atoms with Gasteiger partial charge in [0.25, 0.3) is 0 Å². The molecule has 0 aromatic heterocycles. The summed E-state index contributed by atoms with van der Waals surface area (Å²) in [5, 5.41) is 0. The molecule has 1 heteroatoms. The summed E-state index contributed by atoms with van der Waals surface area (Å²) in [5.74, 6) is 2.61. The predicted molar refractivity (Wildman–Crippen MR) is 90.1 cm³/mol. The van der Waals surface area contributed by atoms with Gasteiger partial charge in [-0.25, -0.2) is 0 Å². The minimum atomic E-state index is -0.0224. The van der Waals surface area contributed by atoms with Crippen molar-refractivity contribution in [1.29, 1.82) is 0 Å². The average Bonchev–Trinajstić information content (AvgIpc) is 3.33. The van der Waals surface area contributed by atoms with E-state index in [1.165, 1.54) is 32.1 Å². The van der Waals surface area contributed by atoms with Crippen LogP contribution in [0.3, 0.4) is 0 Å². The number of ketones is 1. The first-order valence-corrected chi connectivity index (χ1v) is 9.16. The van der Waals surface area contributed by atoms with Crippen molar-refractivity contribution < 1.29 is 6.22 Å². The van der Waals surface area contributed by atoms with Crippen molar-refractivity contribution >= 4 is 5.78 Å². The van der Waals surface area contributed by atoms with Gasteiger partial charge in [0.05, 0.1) is 0 Å². The molecule has 0 N–H and O–H groups in total. The predicted octanol–water partition coefficient (Wildman–Crippen LogP) is 5.20. The molecule has 0 aromatic rings. The van der Waals surface area contributed by atoms with Crippen LogP contribution in [0.2, 0.25) is 0 Å². The number of hydrogen-bond donors (Lipinski definition) is 0. The minimum absolute atomic E-state index is 0. The Morgan fingerprint density at radius 3 is 2.91 bits per heavy atom. The van der Waals surface area contributed by atoms with Gasteiger partial charge in [-0.3, -0.25) is 4.79 Å². The maximum absolute atomic E-state index is 12.4. The summed E-state index contributed by atoms with van der Waals surface area (Å²) in [5.41, 5.74) is 6.79. The van der Waals surface area contributed by atoms with E-state index >= 15 is 0 Å². The minimum Gasteiger partial charge on any atom is -0.299 e. The summed E-state index contributed by atoms with van der Waals surface area (Å²) in [6.07, 6.45) is 16.6. The van der Waals surface area contributed by atoms with Crippen LogP contribution in [0, 0.1) is 29.6 Å². The average molecular weight is 295 g/mol. The highest BCUT2D eigenvalue weighted by atomic mass is 16.1. The Labute approximate surface area is 135 Å². The van der Waals surface area contributed by atoms with Crippen LogP contribution in [-0.2, 0) is 4.79 Å². The summed E-state index contributed by atoms with van der Waals surface area (Å²) >= 11 is 0. The second-order valence-corrected chi connectivity index (χ2v) is 8.33. The lowest BCUT2D eigenvalue weighted by Crippen LogP contribution is -2.38. The summed E-state index contributed by atoms with van der Waals surface area (Å²) < 4.78 is 0. The van der Waals surface area contributed by atoms with Crippen LogP contribution in [0.1, 0.15) is 59.7 Å². The molecule has 1 nitrogen and oxygen atoms in total. The van der Waals surface area contributed by atoms with Crippen molar-refractivity contribution in [1.82, 2.24) is 0 Å². The molecular formula is C21H27O. The lowest BCUT2D eigenvalue weighted by molar-refractivity contribution is -0.127. The van der Waals surface area contributed by atoms with Crippen molar-refractivity contribution in [2.75, 3.05) is 0 Å². The maximum Gasteiger partial charge on any atom is 0.139 e. The quantitative estimate of drug-likeness (QED) is 0.608. The highest BCUT2D eigenvalue weighted by Crippen LogP contribution is 2.58. The monoisotopic (exact) mass is 295 g/mol. The number of Topliss-reactive ketones (excluding diaryl/α,β-unsaturated/α-hetero) is 1. The SMILES string of the molecule is CC12CC[C@H]3C(=CCC4=C3CCC(C3=C[CH]3)C4)C1CCC2=O.[HH]. The number of carbonyl (C=O) groups excluding carboxylic acids is 1. The van der Waals surface area contributed by atoms with E-state index in [0.717, 1.165) is 25.2 Å². The number of allylic oxidation sites excluding steroid dienone is 6. The number of carbonyl (C=O) groups is 1. The molecule has 4 atom stereocenters. The first kappa shape index (κ1) is 13.3. The third-order valence-corrected chi connectivity index (χ3v) is 7.37. The normalized spacial score (nSPS) is 43.1. The molecule has 5 aliphatic rings. The number of hydrogen-bond acceptors (Lipinski definition) is 1. The van der Waals surface area contributed by atoms with Crippen LogP contribution < -0.4 is 0 Å². The molecule has 0 spiro atoms. The lowest BCUT2D eigenvalue weighted by Gasteiger charge is -2.46. The fourth-order valence-corrected chi connectivity index (χ4v) is 5.95. The molecular weight excluding hydrogens is 268 g/mol. The molecule has 2 saturated carbocycles. The molecule has 2 fully saturated rings. The number of fused-ring (bicyclic) bond motifs is 4. The highest BCUT2D eigenvalue weighted by Gasteiger charge is 2.52. The van der Waals surface area contributed by atoms with Crippen LogP contribution in [0.15, 0.2) is 34.4 Å². The molecule has 0 heterocycles. The van der Waals surface area contributed by atoms with Crippen molar-refractivity contribution in [3.05, 3.63) is 40.9 Å². The van der Waals surface area contributed by atoms with Crippen molar-refractivity contribution in [2.24, 2.45) is 23.2 Å². The zero-order chi connectivity index (χ0) is 14.9.